The molecule has 0 fully saturated rings. The number of aliphatic imine (C=N–C) groups is 1. The maximum absolute atomic E-state index is 4.89. The molecule has 0 saturated heterocycles. The SMILES string of the molecule is CCC=N/C(=C\CC)c1nc2ccccc2c2ccccc12. The first kappa shape index (κ1) is 14.5. The predicted molar refractivity (Wildman–Crippen MR) is 96.3 cm³/mol. The first-order valence-electron chi connectivity index (χ1n) is 7.85. The number of hydrogen-bond donors (Lipinski definition) is 0. The Kier molecular flexibility index (Phi) is 4.29. The van der Waals surface area contributed by atoms with Crippen molar-refractivity contribution in [2.45, 2.75) is 26.7 Å². The van der Waals surface area contributed by atoms with Crippen LogP contribution < -0.4 is 0 Å². The summed E-state index contributed by atoms with van der Waals surface area (Å²) in [4.78, 5) is 9.53. The molecular formula is C20H20N2. The van der Waals surface area contributed by atoms with Gasteiger partial charge in [-0.05, 0) is 24.3 Å². The summed E-state index contributed by atoms with van der Waals surface area (Å²) in [5.74, 6) is 0. The molecule has 22 heavy (non-hydrogen) atoms. The summed E-state index contributed by atoms with van der Waals surface area (Å²) in [6.07, 6.45) is 5.97. The van der Waals surface area contributed by atoms with Gasteiger partial charge in [0.2, 0.25) is 0 Å². The Labute approximate surface area is 131 Å². The third-order valence-corrected chi connectivity index (χ3v) is 3.66. The molecule has 2 aromatic carbocycles. The maximum Gasteiger partial charge on any atom is 0.0968 e. The molecule has 0 radical (unpaired) electrons. The van der Waals surface area contributed by atoms with Gasteiger partial charge < -0.3 is 0 Å². The molecule has 0 aliphatic heterocycles. The fourth-order valence-corrected chi connectivity index (χ4v) is 2.69. The van der Waals surface area contributed by atoms with Gasteiger partial charge >= 0.3 is 0 Å². The van der Waals surface area contributed by atoms with Gasteiger partial charge in [0.1, 0.15) is 0 Å². The zero-order valence-electron chi connectivity index (χ0n) is 13.1. The van der Waals surface area contributed by atoms with E-state index in [-0.39, 0.29) is 0 Å². The topological polar surface area (TPSA) is 25.2 Å². The van der Waals surface area contributed by atoms with E-state index < -0.39 is 0 Å². The van der Waals surface area contributed by atoms with Gasteiger partial charge in [0, 0.05) is 17.0 Å². The van der Waals surface area contributed by atoms with E-state index >= 15 is 0 Å². The van der Waals surface area contributed by atoms with E-state index in [1.807, 2.05) is 12.3 Å². The van der Waals surface area contributed by atoms with Crippen molar-refractivity contribution in [2.24, 2.45) is 4.99 Å². The second kappa shape index (κ2) is 6.52. The number of benzene rings is 2. The second-order valence-electron chi connectivity index (χ2n) is 5.24. The van der Waals surface area contributed by atoms with E-state index in [4.69, 9.17) is 4.98 Å². The molecule has 0 spiro atoms. The van der Waals surface area contributed by atoms with Crippen molar-refractivity contribution < 1.29 is 0 Å². The number of nitrogens with zero attached hydrogens (tertiary/aromatic N) is 2. The van der Waals surface area contributed by atoms with Crippen LogP contribution in [0.1, 0.15) is 32.4 Å². The Morgan fingerprint density at radius 1 is 0.909 bits per heavy atom. The third-order valence-electron chi connectivity index (χ3n) is 3.66. The molecule has 3 rings (SSSR count). The Bertz CT molecular complexity index is 860. The number of para-hydroxylation sites is 1. The van der Waals surface area contributed by atoms with Crippen LogP contribution in [0.15, 0.2) is 59.6 Å². The molecule has 0 atom stereocenters. The normalized spacial score (nSPS) is 12.5. The van der Waals surface area contributed by atoms with Crippen molar-refractivity contribution in [3.05, 3.63) is 60.3 Å². The van der Waals surface area contributed by atoms with Crippen LogP contribution in [0.2, 0.25) is 0 Å². The highest BCUT2D eigenvalue weighted by molar-refractivity contribution is 6.09. The van der Waals surface area contributed by atoms with Gasteiger partial charge in [0.25, 0.3) is 0 Å². The minimum atomic E-state index is 0.923. The molecule has 0 unspecified atom stereocenters. The molecule has 3 aromatic rings. The minimum Gasteiger partial charge on any atom is -0.259 e. The highest BCUT2D eigenvalue weighted by Crippen LogP contribution is 2.30. The molecule has 1 aromatic heterocycles. The van der Waals surface area contributed by atoms with E-state index in [9.17, 15) is 0 Å². The molecule has 0 bridgehead atoms. The summed E-state index contributed by atoms with van der Waals surface area (Å²) < 4.78 is 0. The summed E-state index contributed by atoms with van der Waals surface area (Å²) in [5.41, 5.74) is 2.96. The smallest absolute Gasteiger partial charge is 0.0968 e. The van der Waals surface area contributed by atoms with Crippen LogP contribution >= 0.6 is 0 Å². The molecule has 110 valence electrons. The van der Waals surface area contributed by atoms with Gasteiger partial charge in [0.15, 0.2) is 0 Å². The largest absolute Gasteiger partial charge is 0.259 e. The molecule has 2 heteroatoms. The lowest BCUT2D eigenvalue weighted by Gasteiger charge is -2.10. The van der Waals surface area contributed by atoms with Crippen molar-refractivity contribution >= 4 is 33.6 Å². The monoisotopic (exact) mass is 288 g/mol. The van der Waals surface area contributed by atoms with Crippen LogP contribution in [0.3, 0.4) is 0 Å². The molecular weight excluding hydrogens is 268 g/mol. The molecule has 0 saturated carbocycles. The van der Waals surface area contributed by atoms with Crippen molar-refractivity contribution in [3.8, 4) is 0 Å². The number of hydrogen-bond acceptors (Lipinski definition) is 2. The third kappa shape index (κ3) is 2.64. The fraction of sp³-hybridized carbons (Fsp3) is 0.200. The summed E-state index contributed by atoms with van der Waals surface area (Å²) >= 11 is 0. The number of rotatable bonds is 4. The van der Waals surface area contributed by atoms with Crippen molar-refractivity contribution in [1.82, 2.24) is 4.98 Å². The minimum absolute atomic E-state index is 0.923. The molecule has 0 aliphatic carbocycles. The van der Waals surface area contributed by atoms with Gasteiger partial charge in [-0.2, -0.15) is 0 Å². The average molecular weight is 288 g/mol. The molecule has 1 heterocycles. The molecule has 0 aliphatic rings. The number of pyridine rings is 1. The van der Waals surface area contributed by atoms with Crippen LogP contribution in [0, 0.1) is 0 Å². The molecule has 0 amide bonds. The predicted octanol–water partition coefficient (Wildman–Crippen LogP) is 5.62. The lowest BCUT2D eigenvalue weighted by molar-refractivity contribution is 1.20. The lowest BCUT2D eigenvalue weighted by atomic mass is 10.0. The standard InChI is InChI=1S/C20H20N2/c1-3-9-19(21-14-4-2)20-17-12-6-5-10-15(17)16-11-7-8-13-18(16)22-20/h5-14H,3-4H2,1-2H3/b19-9-,21-14?. The van der Waals surface area contributed by atoms with Gasteiger partial charge in [-0.25, -0.2) is 4.98 Å². The lowest BCUT2D eigenvalue weighted by Crippen LogP contribution is -1.93. The highest BCUT2D eigenvalue weighted by Gasteiger charge is 2.10. The highest BCUT2D eigenvalue weighted by atomic mass is 14.8. The van der Waals surface area contributed by atoms with Gasteiger partial charge in [-0.1, -0.05) is 62.4 Å². The number of fused-ring (bicyclic) bond motifs is 3. The summed E-state index contributed by atoms with van der Waals surface area (Å²) in [7, 11) is 0. The van der Waals surface area contributed by atoms with Crippen LogP contribution in [-0.2, 0) is 0 Å². The molecule has 2 nitrogen and oxygen atoms in total. The summed E-state index contributed by atoms with van der Waals surface area (Å²) in [6.45, 7) is 4.23. The van der Waals surface area contributed by atoms with Crippen molar-refractivity contribution in [3.63, 3.8) is 0 Å². The average Bonchev–Trinajstić information content (AvgIpc) is 2.58. The maximum atomic E-state index is 4.89. The zero-order chi connectivity index (χ0) is 15.4. The van der Waals surface area contributed by atoms with Crippen LogP contribution in [0.25, 0.3) is 27.4 Å². The summed E-state index contributed by atoms with van der Waals surface area (Å²) in [6, 6.07) is 16.7. The fourth-order valence-electron chi connectivity index (χ4n) is 2.69. The van der Waals surface area contributed by atoms with Gasteiger partial charge in [0.05, 0.1) is 16.9 Å². The van der Waals surface area contributed by atoms with E-state index in [2.05, 4.69) is 67.4 Å². The first-order chi connectivity index (χ1) is 10.8. The Hall–Kier alpha value is -2.48. The van der Waals surface area contributed by atoms with Crippen LogP contribution in [-0.4, -0.2) is 11.2 Å². The van der Waals surface area contributed by atoms with Gasteiger partial charge in [-0.15, -0.1) is 0 Å². The van der Waals surface area contributed by atoms with Crippen molar-refractivity contribution in [2.75, 3.05) is 0 Å². The van der Waals surface area contributed by atoms with Gasteiger partial charge in [-0.3, -0.25) is 4.99 Å². The van der Waals surface area contributed by atoms with Crippen LogP contribution in [0.5, 0.6) is 0 Å². The second-order valence-corrected chi connectivity index (χ2v) is 5.24. The summed E-state index contributed by atoms with van der Waals surface area (Å²) in [5, 5.41) is 3.59. The van der Waals surface area contributed by atoms with E-state index in [0.717, 1.165) is 35.1 Å². The molecule has 0 N–H and O–H groups in total. The number of aromatic nitrogens is 1. The first-order valence-corrected chi connectivity index (χ1v) is 7.85. The zero-order valence-corrected chi connectivity index (χ0v) is 13.1. The Morgan fingerprint density at radius 3 is 2.32 bits per heavy atom. The Balaban J connectivity index is 2.35. The van der Waals surface area contributed by atoms with E-state index in [0.29, 0.717) is 0 Å². The van der Waals surface area contributed by atoms with E-state index in [1.54, 1.807) is 0 Å². The quantitative estimate of drug-likeness (QED) is 0.452. The van der Waals surface area contributed by atoms with Crippen molar-refractivity contribution in [1.29, 1.82) is 0 Å². The van der Waals surface area contributed by atoms with E-state index in [1.165, 1.54) is 10.8 Å². The number of allylic oxidation sites excluding steroid dienone is 1. The Morgan fingerprint density at radius 2 is 1.59 bits per heavy atom. The van der Waals surface area contributed by atoms with Crippen LogP contribution in [0.4, 0.5) is 0 Å².